The number of ketones is 1. The van der Waals surface area contributed by atoms with E-state index in [9.17, 15) is 24.5 Å². The molecule has 196 valence electrons. The summed E-state index contributed by atoms with van der Waals surface area (Å²) in [5, 5.41) is 17.6. The van der Waals surface area contributed by atoms with Gasteiger partial charge in [0, 0.05) is 17.7 Å². The van der Waals surface area contributed by atoms with Crippen LogP contribution in [0.4, 0.5) is 11.4 Å². The van der Waals surface area contributed by atoms with E-state index in [0.717, 1.165) is 22.1 Å². The van der Waals surface area contributed by atoms with Crippen molar-refractivity contribution in [3.05, 3.63) is 93.5 Å². The highest BCUT2D eigenvalue weighted by atomic mass is 16.6. The Balaban J connectivity index is 1.50. The van der Waals surface area contributed by atoms with Gasteiger partial charge in [0.25, 0.3) is 5.69 Å². The number of hydrazone groups is 1. The number of benzene rings is 3. The van der Waals surface area contributed by atoms with Gasteiger partial charge in [-0.15, -0.1) is 0 Å². The number of hydrogen-bond donors (Lipinski definition) is 0. The van der Waals surface area contributed by atoms with Crippen molar-refractivity contribution in [3.8, 4) is 11.5 Å². The summed E-state index contributed by atoms with van der Waals surface area (Å²) in [5.41, 5.74) is 1.54. The number of non-ortho nitro benzene ring substituents is 1. The number of hydrogen-bond acceptors (Lipinski definition) is 9. The molecule has 0 bridgehead atoms. The van der Waals surface area contributed by atoms with Crippen molar-refractivity contribution in [2.45, 2.75) is 12.1 Å². The quantitative estimate of drug-likeness (QED) is 0.207. The smallest absolute Gasteiger partial charge is 0.271 e. The number of carbonyl (C=O) groups excluding carboxylic acids is 3. The molecule has 0 N–H and O–H groups in total. The lowest BCUT2D eigenvalue weighted by atomic mass is 9.83. The minimum absolute atomic E-state index is 0.0362. The average Bonchev–Trinajstić information content (AvgIpc) is 3.44. The molecule has 0 unspecified atom stereocenters. The third kappa shape index (κ3) is 3.57. The molecule has 11 nitrogen and oxygen atoms in total. The van der Waals surface area contributed by atoms with Crippen LogP contribution in [0.25, 0.3) is 0 Å². The molecule has 39 heavy (non-hydrogen) atoms. The van der Waals surface area contributed by atoms with E-state index in [1.807, 2.05) is 24.3 Å². The number of fused-ring (bicyclic) bond motifs is 5. The number of nitro benzene ring substituents is 1. The lowest BCUT2D eigenvalue weighted by Crippen LogP contribution is -2.44. The molecule has 6 rings (SSSR count). The number of rotatable bonds is 6. The zero-order valence-corrected chi connectivity index (χ0v) is 20.9. The van der Waals surface area contributed by atoms with Crippen molar-refractivity contribution in [2.75, 3.05) is 19.1 Å². The number of nitro groups is 1. The summed E-state index contributed by atoms with van der Waals surface area (Å²) in [7, 11) is 2.86. The fraction of sp³-hybridized carbons (Fsp3) is 0.214. The van der Waals surface area contributed by atoms with E-state index >= 15 is 0 Å². The van der Waals surface area contributed by atoms with E-state index in [2.05, 4.69) is 5.10 Å². The van der Waals surface area contributed by atoms with Gasteiger partial charge >= 0.3 is 0 Å². The number of imide groups is 1. The second-order valence-corrected chi connectivity index (χ2v) is 9.41. The van der Waals surface area contributed by atoms with Crippen molar-refractivity contribution in [3.63, 3.8) is 0 Å². The summed E-state index contributed by atoms with van der Waals surface area (Å²) >= 11 is 0. The van der Waals surface area contributed by atoms with Gasteiger partial charge in [0.2, 0.25) is 11.8 Å². The molecule has 3 aliphatic heterocycles. The lowest BCUT2D eigenvalue weighted by Gasteiger charge is -2.33. The molecular weight excluding hydrogens is 504 g/mol. The highest BCUT2D eigenvalue weighted by Gasteiger charge is 2.65. The first-order valence-corrected chi connectivity index (χ1v) is 12.2. The summed E-state index contributed by atoms with van der Waals surface area (Å²) in [4.78, 5) is 53.9. The van der Waals surface area contributed by atoms with Crippen molar-refractivity contribution in [2.24, 2.45) is 16.9 Å². The van der Waals surface area contributed by atoms with Crippen LogP contribution in [0, 0.1) is 22.0 Å². The predicted molar refractivity (Wildman–Crippen MR) is 139 cm³/mol. The SMILES string of the molecule is COc1ccc(C(=O)[C@H]2[C@H]3C(=O)N(c4cc([N+](=O)[O-])ccc4OC)C(=O)[C@H]3[C@H]3c4ccccc4C=NN32)cc1. The largest absolute Gasteiger partial charge is 0.497 e. The molecular formula is C28H22N4O7. The van der Waals surface area contributed by atoms with E-state index in [4.69, 9.17) is 9.47 Å². The second kappa shape index (κ2) is 9.05. The molecule has 3 heterocycles. The van der Waals surface area contributed by atoms with Crippen LogP contribution in [-0.2, 0) is 9.59 Å². The summed E-state index contributed by atoms with van der Waals surface area (Å²) in [6, 6.07) is 15.8. The molecule has 0 spiro atoms. The number of ether oxygens (including phenoxy) is 2. The number of anilines is 1. The minimum Gasteiger partial charge on any atom is -0.497 e. The van der Waals surface area contributed by atoms with E-state index in [0.29, 0.717) is 11.3 Å². The zero-order valence-electron chi connectivity index (χ0n) is 20.9. The van der Waals surface area contributed by atoms with Crippen LogP contribution in [0.15, 0.2) is 71.8 Å². The van der Waals surface area contributed by atoms with Crippen LogP contribution in [-0.4, -0.2) is 54.0 Å². The van der Waals surface area contributed by atoms with Crippen LogP contribution < -0.4 is 14.4 Å². The Bertz CT molecular complexity index is 1570. The third-order valence-corrected chi connectivity index (χ3v) is 7.55. The molecule has 4 atom stereocenters. The van der Waals surface area contributed by atoms with Crippen molar-refractivity contribution in [1.29, 1.82) is 0 Å². The zero-order chi connectivity index (χ0) is 27.4. The molecule has 3 aromatic rings. The van der Waals surface area contributed by atoms with Crippen LogP contribution in [0.3, 0.4) is 0 Å². The fourth-order valence-corrected chi connectivity index (χ4v) is 5.80. The first kappa shape index (κ1) is 24.3. The molecule has 2 fully saturated rings. The van der Waals surface area contributed by atoms with Crippen molar-refractivity contribution < 1.29 is 28.8 Å². The summed E-state index contributed by atoms with van der Waals surface area (Å²) in [5.74, 6) is -2.93. The Labute approximate surface area is 222 Å². The Hall–Kier alpha value is -5.06. The van der Waals surface area contributed by atoms with E-state index < -0.39 is 40.7 Å². The molecule has 0 saturated carbocycles. The van der Waals surface area contributed by atoms with Gasteiger partial charge in [-0.05, 0) is 41.5 Å². The van der Waals surface area contributed by atoms with E-state index in [1.54, 1.807) is 35.5 Å². The molecule has 2 saturated heterocycles. The highest BCUT2D eigenvalue weighted by molar-refractivity contribution is 6.25. The minimum atomic E-state index is -1.08. The first-order valence-electron chi connectivity index (χ1n) is 12.2. The fourth-order valence-electron chi connectivity index (χ4n) is 5.80. The second-order valence-electron chi connectivity index (χ2n) is 9.41. The number of amides is 2. The molecule has 3 aromatic carbocycles. The van der Waals surface area contributed by atoms with Gasteiger partial charge < -0.3 is 9.47 Å². The van der Waals surface area contributed by atoms with Crippen molar-refractivity contribution >= 4 is 35.2 Å². The number of carbonyl (C=O) groups is 3. The normalized spacial score (nSPS) is 22.8. The Kier molecular flexibility index (Phi) is 5.63. The van der Waals surface area contributed by atoms with Gasteiger partial charge in [0.1, 0.15) is 23.2 Å². The molecule has 0 radical (unpaired) electrons. The van der Waals surface area contributed by atoms with Crippen LogP contribution in [0.1, 0.15) is 27.5 Å². The standard InChI is InChI=1S/C28H22N4O7/c1-38-18-10-7-15(8-11-18)26(33)25-23-22(24-19-6-4-3-5-16(19)14-29-31(24)25)27(34)30(28(23)35)20-13-17(32(36)37)9-12-21(20)39-2/h3-14,22-25H,1-2H3/t22-,23+,24-,25-/m1/s1. The van der Waals surface area contributed by atoms with Crippen LogP contribution in [0.5, 0.6) is 11.5 Å². The molecule has 11 heteroatoms. The first-order chi connectivity index (χ1) is 18.8. The maximum atomic E-state index is 14.1. The predicted octanol–water partition coefficient (Wildman–Crippen LogP) is 3.37. The Morgan fingerprint density at radius 3 is 2.36 bits per heavy atom. The number of Topliss-reactive ketones (excluding diaryl/α,β-unsaturated/α-hetero) is 1. The number of methoxy groups -OCH3 is 2. The van der Waals surface area contributed by atoms with E-state index in [-0.39, 0.29) is 22.9 Å². The van der Waals surface area contributed by atoms with Gasteiger partial charge in [-0.2, -0.15) is 5.10 Å². The molecule has 0 aromatic heterocycles. The van der Waals surface area contributed by atoms with Crippen molar-refractivity contribution in [1.82, 2.24) is 5.01 Å². The van der Waals surface area contributed by atoms with Gasteiger partial charge in [-0.25, -0.2) is 4.90 Å². The maximum Gasteiger partial charge on any atom is 0.271 e. The Morgan fingerprint density at radius 2 is 1.67 bits per heavy atom. The summed E-state index contributed by atoms with van der Waals surface area (Å²) in [6.45, 7) is 0. The number of nitrogens with zero attached hydrogens (tertiary/aromatic N) is 4. The summed E-state index contributed by atoms with van der Waals surface area (Å²) in [6.07, 6.45) is 1.62. The molecule has 0 aliphatic carbocycles. The highest BCUT2D eigenvalue weighted by Crippen LogP contribution is 2.54. The molecule has 3 aliphatic rings. The van der Waals surface area contributed by atoms with Crippen LogP contribution in [0.2, 0.25) is 0 Å². The topological polar surface area (TPSA) is 132 Å². The summed E-state index contributed by atoms with van der Waals surface area (Å²) < 4.78 is 10.6. The third-order valence-electron chi connectivity index (χ3n) is 7.55. The maximum absolute atomic E-state index is 14.1. The monoisotopic (exact) mass is 526 g/mol. The van der Waals surface area contributed by atoms with Gasteiger partial charge in [0.05, 0.1) is 43.2 Å². The van der Waals surface area contributed by atoms with Gasteiger partial charge in [0.15, 0.2) is 5.78 Å². The molecule has 2 amide bonds. The Morgan fingerprint density at radius 1 is 0.949 bits per heavy atom. The van der Waals surface area contributed by atoms with Crippen LogP contribution >= 0.6 is 0 Å². The van der Waals surface area contributed by atoms with Gasteiger partial charge in [-0.3, -0.25) is 29.5 Å². The average molecular weight is 527 g/mol. The van der Waals surface area contributed by atoms with E-state index in [1.165, 1.54) is 26.4 Å². The lowest BCUT2D eigenvalue weighted by molar-refractivity contribution is -0.384. The van der Waals surface area contributed by atoms with Gasteiger partial charge in [-0.1, -0.05) is 24.3 Å².